The number of benzene rings is 2. The number of amides is 3. The first-order chi connectivity index (χ1) is 18.6. The van der Waals surface area contributed by atoms with E-state index in [0.717, 1.165) is 36.3 Å². The molecule has 3 amide bonds. The molecule has 3 fully saturated rings. The summed E-state index contributed by atoms with van der Waals surface area (Å²) >= 11 is 6.49. The molecule has 2 aromatic rings. The number of nitrogens with zero attached hydrogens (tertiary/aromatic N) is 2. The molecule has 1 N–H and O–H groups in total. The molecule has 0 spiro atoms. The minimum Gasteiger partial charge on any atom is -0.337 e. The van der Waals surface area contributed by atoms with Gasteiger partial charge in [0.05, 0.1) is 34.8 Å². The lowest BCUT2D eigenvalue weighted by molar-refractivity contribution is -0.147. The lowest BCUT2D eigenvalue weighted by Crippen LogP contribution is -2.51. The number of rotatable bonds is 7. The third-order valence-corrected chi connectivity index (χ3v) is 8.66. The van der Waals surface area contributed by atoms with Crippen molar-refractivity contribution in [3.05, 3.63) is 53.1 Å². The molecule has 0 aromatic heterocycles. The average Bonchev–Trinajstić information content (AvgIpc) is 3.79. The van der Waals surface area contributed by atoms with Gasteiger partial charge in [0.25, 0.3) is 0 Å². The van der Waals surface area contributed by atoms with E-state index in [1.54, 1.807) is 12.1 Å². The molecule has 206 valence electrons. The number of hydrogen-bond acceptors (Lipinski definition) is 4. The smallest absolute Gasteiger partial charge is 0.337 e. The Balaban J connectivity index is 1.37. The Bertz CT molecular complexity index is 1320. The van der Waals surface area contributed by atoms with Crippen molar-refractivity contribution in [1.82, 2.24) is 4.90 Å². The third-order valence-electron chi connectivity index (χ3n) is 8.35. The van der Waals surface area contributed by atoms with E-state index in [2.05, 4.69) is 11.4 Å². The minimum absolute atomic E-state index is 0.0348. The van der Waals surface area contributed by atoms with Crippen LogP contribution in [0.2, 0.25) is 5.02 Å². The number of fused-ring (bicyclic) bond motifs is 1. The van der Waals surface area contributed by atoms with Gasteiger partial charge in [-0.25, -0.2) is 0 Å². The van der Waals surface area contributed by atoms with Crippen LogP contribution in [0.25, 0.3) is 0 Å². The summed E-state index contributed by atoms with van der Waals surface area (Å²) < 4.78 is 39.4. The normalized spacial score (nSPS) is 25.5. The molecular formula is C29H29ClF3N3O3. The van der Waals surface area contributed by atoms with E-state index in [4.69, 9.17) is 11.6 Å². The fourth-order valence-corrected chi connectivity index (χ4v) is 6.18. The van der Waals surface area contributed by atoms with Gasteiger partial charge in [-0.3, -0.25) is 19.3 Å². The second-order valence-corrected chi connectivity index (χ2v) is 11.6. The third kappa shape index (κ3) is 5.25. The zero-order valence-electron chi connectivity index (χ0n) is 21.2. The second-order valence-electron chi connectivity index (χ2n) is 11.2. The molecule has 10 heteroatoms. The maximum absolute atomic E-state index is 13.7. The molecular weight excluding hydrogens is 531 g/mol. The van der Waals surface area contributed by atoms with Crippen molar-refractivity contribution < 1.29 is 27.6 Å². The summed E-state index contributed by atoms with van der Waals surface area (Å²) in [5.41, 5.74) is 2.94. The second kappa shape index (κ2) is 9.84. The Morgan fingerprint density at radius 1 is 0.949 bits per heavy atom. The minimum atomic E-state index is -4.44. The molecule has 2 saturated carbocycles. The van der Waals surface area contributed by atoms with Gasteiger partial charge in [-0.1, -0.05) is 42.6 Å². The monoisotopic (exact) mass is 559 g/mol. The average molecular weight is 560 g/mol. The van der Waals surface area contributed by atoms with Gasteiger partial charge < -0.3 is 10.2 Å². The van der Waals surface area contributed by atoms with Crippen molar-refractivity contribution in [2.75, 3.05) is 16.8 Å². The summed E-state index contributed by atoms with van der Waals surface area (Å²) in [4.78, 5) is 43.8. The highest BCUT2D eigenvalue weighted by atomic mass is 35.5. The lowest BCUT2D eigenvalue weighted by atomic mass is 9.86. The summed E-state index contributed by atoms with van der Waals surface area (Å²) in [5, 5.41) is 3.11. The highest BCUT2D eigenvalue weighted by molar-refractivity contribution is 6.34. The first kappa shape index (κ1) is 26.2. The van der Waals surface area contributed by atoms with Crippen LogP contribution in [-0.4, -0.2) is 41.4 Å². The van der Waals surface area contributed by atoms with Crippen LogP contribution in [0.5, 0.6) is 0 Å². The van der Waals surface area contributed by atoms with Crippen LogP contribution in [0.3, 0.4) is 0 Å². The molecule has 3 atom stereocenters. The van der Waals surface area contributed by atoms with E-state index in [0.29, 0.717) is 28.7 Å². The predicted molar refractivity (Wildman–Crippen MR) is 141 cm³/mol. The lowest BCUT2D eigenvalue weighted by Gasteiger charge is -2.30. The molecule has 0 bridgehead atoms. The Morgan fingerprint density at radius 2 is 1.67 bits per heavy atom. The molecule has 1 saturated heterocycles. The maximum atomic E-state index is 13.7. The number of alkyl halides is 3. The fraction of sp³-hybridized carbons (Fsp3) is 0.483. The van der Waals surface area contributed by atoms with Crippen LogP contribution < -0.4 is 10.2 Å². The molecule has 39 heavy (non-hydrogen) atoms. The summed E-state index contributed by atoms with van der Waals surface area (Å²) in [6.45, 7) is -0.0348. The number of carbonyl (C=O) groups is 3. The molecule has 6 nitrogen and oxygen atoms in total. The van der Waals surface area contributed by atoms with Crippen LogP contribution in [0, 0.1) is 17.8 Å². The van der Waals surface area contributed by atoms with Gasteiger partial charge in [-0.05, 0) is 67.3 Å². The topological polar surface area (TPSA) is 69.7 Å². The number of halogens is 4. The van der Waals surface area contributed by atoms with E-state index in [1.807, 2.05) is 29.2 Å². The highest BCUT2D eigenvalue weighted by Gasteiger charge is 2.54. The summed E-state index contributed by atoms with van der Waals surface area (Å²) in [7, 11) is 0. The quantitative estimate of drug-likeness (QED) is 0.397. The molecule has 2 aliphatic carbocycles. The zero-order valence-corrected chi connectivity index (χ0v) is 22.0. The van der Waals surface area contributed by atoms with Crippen LogP contribution in [-0.2, 0) is 14.4 Å². The summed E-state index contributed by atoms with van der Waals surface area (Å²) in [6.07, 6.45) is -1.68. The Morgan fingerprint density at radius 3 is 2.36 bits per heavy atom. The molecule has 0 radical (unpaired) electrons. The van der Waals surface area contributed by atoms with E-state index in [-0.39, 0.29) is 12.5 Å². The van der Waals surface area contributed by atoms with Crippen LogP contribution in [0.4, 0.5) is 30.2 Å². The zero-order chi connectivity index (χ0) is 27.5. The number of likely N-dealkylation sites (tertiary alicyclic amines) is 1. The standard InChI is InChI=1S/C29H29ClF3N3O3/c30-22-5-2-6-23-25(22)34-26(37)24(15-35(23)19-4-1-3-18(14-19)17-9-10-17)36-27(38)20(11-12-29(31,32)33)21(28(36)39)13-16-7-8-16/h1-6,14,16-17,20-21,24H,7-13,15H2,(H,34,37)/t20-,21+,24+/m1/s1. The number of imide groups is 1. The van der Waals surface area contributed by atoms with Crippen molar-refractivity contribution in [1.29, 1.82) is 0 Å². The number of hydrogen-bond donors (Lipinski definition) is 1. The van der Waals surface area contributed by atoms with Crippen molar-refractivity contribution in [3.8, 4) is 0 Å². The van der Waals surface area contributed by atoms with Crippen molar-refractivity contribution in [3.63, 3.8) is 0 Å². The van der Waals surface area contributed by atoms with Crippen LogP contribution in [0.15, 0.2) is 42.5 Å². The summed E-state index contributed by atoms with van der Waals surface area (Å²) in [5.74, 6) is -3.07. The maximum Gasteiger partial charge on any atom is 0.389 e. The Labute approximate surface area is 229 Å². The van der Waals surface area contributed by atoms with Gasteiger partial charge in [0.15, 0.2) is 0 Å². The molecule has 4 aliphatic rings. The molecule has 2 heterocycles. The van der Waals surface area contributed by atoms with Crippen molar-refractivity contribution in [2.24, 2.45) is 17.8 Å². The summed E-state index contributed by atoms with van der Waals surface area (Å²) in [6, 6.07) is 11.9. The van der Waals surface area contributed by atoms with Gasteiger partial charge in [0, 0.05) is 12.1 Å². The van der Waals surface area contributed by atoms with Gasteiger partial charge in [0.1, 0.15) is 6.04 Å². The van der Waals surface area contributed by atoms with Crippen molar-refractivity contribution in [2.45, 2.75) is 63.1 Å². The van der Waals surface area contributed by atoms with Crippen molar-refractivity contribution >= 4 is 46.4 Å². The molecule has 2 aliphatic heterocycles. The predicted octanol–water partition coefficient (Wildman–Crippen LogP) is 6.42. The van der Waals surface area contributed by atoms with E-state index in [9.17, 15) is 27.6 Å². The van der Waals surface area contributed by atoms with E-state index < -0.39 is 54.6 Å². The Kier molecular flexibility index (Phi) is 6.60. The number of anilines is 3. The number of para-hydroxylation sites is 1. The number of carbonyl (C=O) groups excluding carboxylic acids is 3. The van der Waals surface area contributed by atoms with Crippen LogP contribution >= 0.6 is 11.6 Å². The van der Waals surface area contributed by atoms with Gasteiger partial charge in [0.2, 0.25) is 17.7 Å². The highest BCUT2D eigenvalue weighted by Crippen LogP contribution is 2.46. The van der Waals surface area contributed by atoms with E-state index in [1.165, 1.54) is 5.56 Å². The first-order valence-electron chi connectivity index (χ1n) is 13.5. The van der Waals surface area contributed by atoms with Crippen LogP contribution in [0.1, 0.15) is 56.4 Å². The van der Waals surface area contributed by atoms with E-state index >= 15 is 0 Å². The molecule has 6 rings (SSSR count). The van der Waals surface area contributed by atoms with Gasteiger partial charge in [-0.15, -0.1) is 0 Å². The molecule has 0 unspecified atom stereocenters. The SMILES string of the molecule is O=C1Nc2c(Cl)cccc2N(c2cccc(C3CC3)c2)C[C@@H]1N1C(=O)[C@@H](CC2CC2)[C@@H](CCC(F)(F)F)C1=O. The number of nitrogens with one attached hydrogen (secondary N) is 1. The first-order valence-corrected chi connectivity index (χ1v) is 13.9. The Hall–Kier alpha value is -3.07. The molecule has 2 aromatic carbocycles. The fourth-order valence-electron chi connectivity index (χ4n) is 5.97. The van der Waals surface area contributed by atoms with Gasteiger partial charge in [-0.2, -0.15) is 13.2 Å². The largest absolute Gasteiger partial charge is 0.389 e. The van der Waals surface area contributed by atoms with Gasteiger partial charge >= 0.3 is 6.18 Å².